The summed E-state index contributed by atoms with van der Waals surface area (Å²) in [6.45, 7) is 8.23. The van der Waals surface area contributed by atoms with Gasteiger partial charge in [-0.3, -0.25) is 0 Å². The topological polar surface area (TPSA) is 26.3 Å². The fourth-order valence-electron chi connectivity index (χ4n) is 2.33. The molecule has 0 atom stereocenters. The number of unbranched alkanes of at least 4 members (excludes halogenated alkanes) is 5. The molecule has 0 aliphatic carbocycles. The van der Waals surface area contributed by atoms with Crippen LogP contribution in [0.25, 0.3) is 0 Å². The molecule has 0 spiro atoms. The Hall–Kier alpha value is 0.269. The van der Waals surface area contributed by atoms with Crippen molar-refractivity contribution < 1.29 is 7.87 Å². The Labute approximate surface area is 112 Å². The Balaban J connectivity index is 3.88. The molecule has 0 aromatic heterocycles. The molecule has 102 valence electrons. The Morgan fingerprint density at radius 1 is 0.941 bits per heavy atom. The predicted molar refractivity (Wildman–Crippen MR) is 76.7 cm³/mol. The molecule has 0 bridgehead atoms. The molecule has 0 saturated heterocycles. The van der Waals surface area contributed by atoms with Crippen LogP contribution in [-0.4, -0.2) is 24.8 Å². The van der Waals surface area contributed by atoms with E-state index in [1.54, 1.807) is 6.92 Å². The molecule has 0 N–H and O–H groups in total. The van der Waals surface area contributed by atoms with Crippen LogP contribution < -0.4 is 0 Å². The molecule has 2 nitrogen and oxygen atoms in total. The summed E-state index contributed by atoms with van der Waals surface area (Å²) in [5.41, 5.74) is 0. The zero-order chi connectivity index (χ0) is 13.1. The first kappa shape index (κ1) is 17.3. The Kier molecular flexibility index (Phi) is 10.4. The van der Waals surface area contributed by atoms with Gasteiger partial charge in [0.1, 0.15) is 0 Å². The molecule has 0 amide bonds. The molecule has 0 aromatic rings. The van der Waals surface area contributed by atoms with E-state index in [1.807, 2.05) is 0 Å². The maximum atomic E-state index is 11.2. The molecule has 0 rings (SSSR count). The second-order valence-electron chi connectivity index (χ2n) is 5.00. The molecule has 0 aliphatic rings. The first-order chi connectivity index (χ1) is 8.10. The average Bonchev–Trinajstić information content (AvgIpc) is 2.31. The van der Waals surface area contributed by atoms with Crippen LogP contribution in [0.1, 0.15) is 66.2 Å². The van der Waals surface area contributed by atoms with Crippen molar-refractivity contribution in [1.82, 2.24) is 0 Å². The molecule has 0 unspecified atom stereocenters. The fraction of sp³-hybridized carbons (Fsp3) is 0.929. The van der Waals surface area contributed by atoms with Crippen LogP contribution in [0.3, 0.4) is 0 Å². The van der Waals surface area contributed by atoms with Gasteiger partial charge in [-0.25, -0.2) is 0 Å². The molecule has 0 fully saturated rings. The van der Waals surface area contributed by atoms with Gasteiger partial charge in [-0.05, 0) is 0 Å². The van der Waals surface area contributed by atoms with Crippen molar-refractivity contribution in [1.29, 1.82) is 0 Å². The van der Waals surface area contributed by atoms with Crippen LogP contribution in [0.5, 0.6) is 0 Å². The summed E-state index contributed by atoms with van der Waals surface area (Å²) in [5, 5.41) is 0. The Morgan fingerprint density at radius 2 is 1.47 bits per heavy atom. The van der Waals surface area contributed by atoms with E-state index < -0.39 is 18.8 Å². The van der Waals surface area contributed by atoms with E-state index in [1.165, 1.54) is 43.0 Å². The van der Waals surface area contributed by atoms with E-state index in [2.05, 4.69) is 20.8 Å². The van der Waals surface area contributed by atoms with Crippen LogP contribution in [0.4, 0.5) is 0 Å². The summed E-state index contributed by atoms with van der Waals surface area (Å²) in [5.74, 6) is -0.0458. The number of carbonyl (C=O) groups is 1. The molecule has 0 aromatic carbocycles. The summed E-state index contributed by atoms with van der Waals surface area (Å²) in [6, 6.07) is 0. The monoisotopic (exact) mass is 350 g/mol. The standard InChI is InChI=1S/C8H17.C2H4O2.2C2H5.Sn/c1-3-5-7-8-6-4-2;1-2(3)4;2*1-2;/h1,3-8H2,2H3;1H3,(H,3,4);2*1H2,2H3;/q;;;;+1/p-1. The minimum absolute atomic E-state index is 0.0458. The van der Waals surface area contributed by atoms with Crippen molar-refractivity contribution in [3.63, 3.8) is 0 Å². The van der Waals surface area contributed by atoms with Crippen molar-refractivity contribution in [3.8, 4) is 0 Å². The van der Waals surface area contributed by atoms with Crippen LogP contribution in [0.2, 0.25) is 13.3 Å². The summed E-state index contributed by atoms with van der Waals surface area (Å²) in [4.78, 5) is 11.2. The van der Waals surface area contributed by atoms with Crippen molar-refractivity contribution in [3.05, 3.63) is 0 Å². The second kappa shape index (κ2) is 10.2. The van der Waals surface area contributed by atoms with E-state index in [-0.39, 0.29) is 5.97 Å². The summed E-state index contributed by atoms with van der Waals surface area (Å²) in [6.07, 6.45) is 7.98. The fourth-order valence-corrected chi connectivity index (χ4v) is 11.2. The van der Waals surface area contributed by atoms with Gasteiger partial charge in [0.25, 0.3) is 0 Å². The van der Waals surface area contributed by atoms with Crippen LogP contribution >= 0.6 is 0 Å². The number of hydrogen-bond donors (Lipinski definition) is 0. The van der Waals surface area contributed by atoms with Crippen molar-refractivity contribution in [2.75, 3.05) is 0 Å². The molecule has 0 heterocycles. The second-order valence-corrected chi connectivity index (χ2v) is 17.8. The summed E-state index contributed by atoms with van der Waals surface area (Å²) in [7, 11) is 0. The molecule has 0 aliphatic heterocycles. The van der Waals surface area contributed by atoms with Gasteiger partial charge in [0.05, 0.1) is 0 Å². The summed E-state index contributed by atoms with van der Waals surface area (Å²) < 4.78 is 9.24. The van der Waals surface area contributed by atoms with Gasteiger partial charge < -0.3 is 0 Å². The number of carbonyl (C=O) groups excluding carboxylic acids is 1. The SMILES string of the molecule is CCCCCCC[CH2][Sn]([CH2]C)([CH2]C)[O]C(C)=O. The van der Waals surface area contributed by atoms with Crippen molar-refractivity contribution >= 4 is 24.8 Å². The number of rotatable bonds is 10. The van der Waals surface area contributed by atoms with Gasteiger partial charge in [0.15, 0.2) is 0 Å². The van der Waals surface area contributed by atoms with Gasteiger partial charge >= 0.3 is 112 Å². The number of hydrogen-bond acceptors (Lipinski definition) is 2. The first-order valence-electron chi connectivity index (χ1n) is 7.29. The normalized spacial score (nSPS) is 11.5. The van der Waals surface area contributed by atoms with E-state index in [4.69, 9.17) is 3.07 Å². The molecule has 17 heavy (non-hydrogen) atoms. The van der Waals surface area contributed by atoms with Crippen molar-refractivity contribution in [2.24, 2.45) is 0 Å². The van der Waals surface area contributed by atoms with E-state index in [0.717, 1.165) is 8.87 Å². The first-order valence-corrected chi connectivity index (χ1v) is 14.5. The molecule has 3 heteroatoms. The van der Waals surface area contributed by atoms with Crippen LogP contribution in [0.15, 0.2) is 0 Å². The molecule has 0 radical (unpaired) electrons. The van der Waals surface area contributed by atoms with E-state index in [9.17, 15) is 4.79 Å². The predicted octanol–water partition coefficient (Wildman–Crippen LogP) is 4.90. The Morgan fingerprint density at radius 3 is 1.94 bits per heavy atom. The van der Waals surface area contributed by atoms with Gasteiger partial charge in [0, 0.05) is 0 Å². The quantitative estimate of drug-likeness (QED) is 0.414. The van der Waals surface area contributed by atoms with Gasteiger partial charge in [-0.2, -0.15) is 0 Å². The van der Waals surface area contributed by atoms with Gasteiger partial charge in [-0.1, -0.05) is 0 Å². The molecule has 0 saturated carbocycles. The van der Waals surface area contributed by atoms with Crippen LogP contribution in [-0.2, 0) is 7.87 Å². The third-order valence-electron chi connectivity index (χ3n) is 3.63. The zero-order valence-corrected chi connectivity index (χ0v) is 15.0. The minimum atomic E-state index is -2.51. The van der Waals surface area contributed by atoms with Crippen molar-refractivity contribution in [2.45, 2.75) is 79.5 Å². The van der Waals surface area contributed by atoms with E-state index >= 15 is 0 Å². The maximum absolute atomic E-state index is 11.2. The average molecular weight is 349 g/mol. The third kappa shape index (κ3) is 8.06. The van der Waals surface area contributed by atoms with E-state index in [0.29, 0.717) is 0 Å². The third-order valence-corrected chi connectivity index (χ3v) is 16.7. The molecular weight excluding hydrogens is 319 g/mol. The van der Waals surface area contributed by atoms with Crippen LogP contribution in [0, 0.1) is 0 Å². The van der Waals surface area contributed by atoms with Gasteiger partial charge in [-0.15, -0.1) is 0 Å². The Bertz CT molecular complexity index is 200. The van der Waals surface area contributed by atoms with Gasteiger partial charge in [0.2, 0.25) is 0 Å². The summed E-state index contributed by atoms with van der Waals surface area (Å²) >= 11 is -2.51. The zero-order valence-electron chi connectivity index (χ0n) is 12.2. The molecular formula is C14H30O2Sn.